The van der Waals surface area contributed by atoms with Gasteiger partial charge in [-0.2, -0.15) is 18.4 Å². The molecular formula is C44H17F3N4OS. The van der Waals surface area contributed by atoms with Gasteiger partial charge in [-0.05, 0) is 110 Å². The minimum Gasteiger partial charge on any atom is -0.303 e. The Balaban J connectivity index is 0.000000292. The number of para-hydroxylation sites is 1. The van der Waals surface area contributed by atoms with Gasteiger partial charge in [-0.1, -0.05) is 24.3 Å². The minimum absolute atomic E-state index is 0.0297. The van der Waals surface area contributed by atoms with Crippen LogP contribution in [0.2, 0.25) is 0 Å². The van der Waals surface area contributed by atoms with Crippen molar-refractivity contribution in [2.45, 2.75) is 37.9 Å². The number of halogens is 3. The van der Waals surface area contributed by atoms with Crippen LogP contribution < -0.4 is 9.80 Å². The standard InChI is InChI=1S/C23HN.C21H16F3N3OS/c1-2-3-4-5-6-7-8-9-10-11-12-13-14-15-16-17-18-19-20-21-22-23-24;1-13-6-3-4-7-17(13)27-19(29)26(18(28)20(27)10-5-11-20)14-8-9-16(25-2)15(12-14)21(22,23)24/h1H;3-4,6-9,12H,5,10-11H2,1H3. The maximum Gasteiger partial charge on any atom is 0.407 e. The molecule has 1 amide bonds. The molecular weight excluding hydrogens is 690 g/mol. The van der Waals surface area contributed by atoms with Crippen LogP contribution in [-0.2, 0) is 11.0 Å². The molecule has 2 aromatic carbocycles. The van der Waals surface area contributed by atoms with Gasteiger partial charge in [-0.25, -0.2) is 4.85 Å². The second-order valence-corrected chi connectivity index (χ2v) is 10.4. The number of anilines is 2. The minimum atomic E-state index is -4.70. The summed E-state index contributed by atoms with van der Waals surface area (Å²) in [5, 5.41) is 8.27. The van der Waals surface area contributed by atoms with Crippen LogP contribution in [-0.4, -0.2) is 16.6 Å². The van der Waals surface area contributed by atoms with Crippen molar-refractivity contribution >= 4 is 40.3 Å². The van der Waals surface area contributed by atoms with E-state index in [2.05, 4.69) is 129 Å². The summed E-state index contributed by atoms with van der Waals surface area (Å²) in [6.45, 7) is 8.91. The summed E-state index contributed by atoms with van der Waals surface area (Å²) in [6.07, 6.45) is 2.21. The van der Waals surface area contributed by atoms with E-state index in [1.54, 1.807) is 11.0 Å². The molecule has 53 heavy (non-hydrogen) atoms. The molecule has 1 aliphatic carbocycles. The van der Waals surface area contributed by atoms with Crippen molar-refractivity contribution in [1.82, 2.24) is 0 Å². The van der Waals surface area contributed by atoms with Crippen molar-refractivity contribution in [3.8, 4) is 137 Å². The van der Waals surface area contributed by atoms with E-state index >= 15 is 0 Å². The molecule has 1 heterocycles. The van der Waals surface area contributed by atoms with Gasteiger partial charge in [0.15, 0.2) is 16.9 Å². The van der Waals surface area contributed by atoms with E-state index in [1.807, 2.05) is 31.2 Å². The largest absolute Gasteiger partial charge is 0.407 e. The SMILES string of the molecule is C#CC#CC#CC#CC#CC#CC#CC#CC#CC#CC#CC#N.[C-]#[N+]c1ccc(N2C(=O)C3(CCC3)N(c3ccccc3C)C2=S)cc1C(F)(F)F. The fourth-order valence-electron chi connectivity index (χ4n) is 4.61. The van der Waals surface area contributed by atoms with Crippen molar-refractivity contribution < 1.29 is 18.0 Å². The molecule has 1 aliphatic heterocycles. The number of nitrogens with zero attached hydrogens (tertiary/aromatic N) is 4. The quantitative estimate of drug-likeness (QED) is 0.225. The van der Waals surface area contributed by atoms with E-state index in [1.165, 1.54) is 11.0 Å². The van der Waals surface area contributed by atoms with Gasteiger partial charge in [0.1, 0.15) is 5.54 Å². The van der Waals surface area contributed by atoms with Crippen molar-refractivity contribution in [3.63, 3.8) is 0 Å². The Morgan fingerprint density at radius 1 is 0.792 bits per heavy atom. The summed E-state index contributed by atoms with van der Waals surface area (Å²) >= 11 is 5.60. The lowest BCUT2D eigenvalue weighted by Crippen LogP contribution is -2.55. The van der Waals surface area contributed by atoms with Crippen molar-refractivity contribution in [3.05, 3.63) is 65.0 Å². The molecule has 9 heteroatoms. The Hall–Kier alpha value is -8.27. The first kappa shape index (κ1) is 39.2. The summed E-state index contributed by atoms with van der Waals surface area (Å²) in [6, 6.07) is 12.4. The second kappa shape index (κ2) is 19.7. The number of alkyl halides is 3. The van der Waals surface area contributed by atoms with Gasteiger partial charge in [-0.3, -0.25) is 9.69 Å². The first-order chi connectivity index (χ1) is 25.6. The van der Waals surface area contributed by atoms with Crippen LogP contribution in [0.4, 0.5) is 30.2 Å². The van der Waals surface area contributed by atoms with E-state index < -0.39 is 23.0 Å². The van der Waals surface area contributed by atoms with E-state index in [4.69, 9.17) is 30.5 Å². The number of carbonyl (C=O) groups is 1. The Labute approximate surface area is 312 Å². The molecule has 0 unspecified atom stereocenters. The Kier molecular flexibility index (Phi) is 14.5. The van der Waals surface area contributed by atoms with E-state index in [0.29, 0.717) is 12.8 Å². The molecule has 2 aliphatic rings. The fourth-order valence-corrected chi connectivity index (χ4v) is 5.07. The lowest BCUT2D eigenvalue weighted by atomic mass is 9.75. The highest BCUT2D eigenvalue weighted by Crippen LogP contribution is 2.49. The third-order valence-electron chi connectivity index (χ3n) is 6.93. The third kappa shape index (κ3) is 10.6. The zero-order valence-corrected chi connectivity index (χ0v) is 28.3. The maximum atomic E-state index is 13.4. The van der Waals surface area contributed by atoms with E-state index in [9.17, 15) is 18.0 Å². The Bertz CT molecular complexity index is 2550. The van der Waals surface area contributed by atoms with Gasteiger partial charge in [-0.15, -0.1) is 6.42 Å². The lowest BCUT2D eigenvalue weighted by Gasteiger charge is -2.43. The number of amides is 1. The number of benzene rings is 2. The molecule has 5 nitrogen and oxygen atoms in total. The van der Waals surface area contributed by atoms with Crippen LogP contribution in [0.15, 0.2) is 42.5 Å². The first-order valence-electron chi connectivity index (χ1n) is 14.8. The molecule has 0 aromatic heterocycles. The lowest BCUT2D eigenvalue weighted by molar-refractivity contribution is -0.137. The molecule has 0 bridgehead atoms. The molecule has 1 saturated heterocycles. The number of rotatable bonds is 2. The smallest absolute Gasteiger partial charge is 0.303 e. The average Bonchev–Trinajstić information content (AvgIpc) is 3.36. The molecule has 4 rings (SSSR count). The molecule has 0 atom stereocenters. The molecule has 0 radical (unpaired) electrons. The highest BCUT2D eigenvalue weighted by molar-refractivity contribution is 7.81. The summed E-state index contributed by atoms with van der Waals surface area (Å²) < 4.78 is 40.3. The van der Waals surface area contributed by atoms with Crippen molar-refractivity contribution in [1.29, 1.82) is 5.26 Å². The zero-order chi connectivity index (χ0) is 38.5. The van der Waals surface area contributed by atoms with E-state index in [0.717, 1.165) is 29.8 Å². The third-order valence-corrected chi connectivity index (χ3v) is 7.29. The molecule has 1 spiro atoms. The summed E-state index contributed by atoms with van der Waals surface area (Å²) in [4.78, 5) is 19.3. The van der Waals surface area contributed by atoms with Gasteiger partial charge in [0.2, 0.25) is 0 Å². The molecule has 1 saturated carbocycles. The van der Waals surface area contributed by atoms with Gasteiger partial charge < -0.3 is 4.90 Å². The topological polar surface area (TPSA) is 51.7 Å². The highest BCUT2D eigenvalue weighted by atomic mass is 32.1. The Morgan fingerprint density at radius 2 is 1.26 bits per heavy atom. The average molecular weight is 707 g/mol. The number of terminal acetylenes is 1. The predicted octanol–water partition coefficient (Wildman–Crippen LogP) is 5.80. The highest BCUT2D eigenvalue weighted by Gasteiger charge is 2.59. The van der Waals surface area contributed by atoms with Gasteiger partial charge in [0.25, 0.3) is 5.91 Å². The number of carbonyl (C=O) groups excluding carboxylic acids is 1. The second-order valence-electron chi connectivity index (χ2n) is 10.00. The summed E-state index contributed by atoms with van der Waals surface area (Å²) in [5.74, 6) is 50.0. The van der Waals surface area contributed by atoms with E-state index in [-0.39, 0.29) is 16.7 Å². The van der Waals surface area contributed by atoms with Crippen LogP contribution >= 0.6 is 12.2 Å². The van der Waals surface area contributed by atoms with Crippen LogP contribution in [0.5, 0.6) is 0 Å². The fraction of sp³-hybridized carbons (Fsp3) is 0.136. The number of hydrogen-bond acceptors (Lipinski definition) is 3. The number of thiocarbonyl (C=S) groups is 1. The maximum absolute atomic E-state index is 13.4. The van der Waals surface area contributed by atoms with Gasteiger partial charge in [0.05, 0.1) is 12.1 Å². The monoisotopic (exact) mass is 706 g/mol. The normalized spacial score (nSPS) is 11.6. The van der Waals surface area contributed by atoms with Crippen molar-refractivity contribution in [2.75, 3.05) is 9.80 Å². The van der Waals surface area contributed by atoms with Crippen LogP contribution in [0.3, 0.4) is 0 Å². The molecule has 246 valence electrons. The number of hydrogen-bond donors (Lipinski definition) is 0. The summed E-state index contributed by atoms with van der Waals surface area (Å²) in [5.41, 5.74) is -0.704. The number of nitriles is 1. The van der Waals surface area contributed by atoms with Crippen LogP contribution in [0.1, 0.15) is 30.4 Å². The Morgan fingerprint density at radius 3 is 1.66 bits per heavy atom. The zero-order valence-electron chi connectivity index (χ0n) is 27.5. The molecule has 2 fully saturated rings. The van der Waals surface area contributed by atoms with Crippen LogP contribution in [0, 0.1) is 156 Å². The number of aryl methyl sites for hydroxylation is 1. The predicted molar refractivity (Wildman–Crippen MR) is 200 cm³/mol. The first-order valence-corrected chi connectivity index (χ1v) is 15.2. The molecule has 0 N–H and O–H groups in total. The summed E-state index contributed by atoms with van der Waals surface area (Å²) in [7, 11) is 0. The van der Waals surface area contributed by atoms with Crippen LogP contribution in [0.25, 0.3) is 4.85 Å². The van der Waals surface area contributed by atoms with Crippen molar-refractivity contribution in [2.24, 2.45) is 0 Å². The van der Waals surface area contributed by atoms with Gasteiger partial charge >= 0.3 is 6.18 Å². The van der Waals surface area contributed by atoms with Gasteiger partial charge in [0, 0.05) is 88.3 Å². The molecule has 2 aromatic rings.